The van der Waals surface area contributed by atoms with E-state index in [0.717, 1.165) is 42.5 Å². The lowest BCUT2D eigenvalue weighted by Crippen LogP contribution is -2.26. The second kappa shape index (κ2) is 12.4. The Morgan fingerprint density at radius 3 is 2.14 bits per heavy atom. The molecular weight excluding hydrogens is 350 g/mol. The molecule has 5 nitrogen and oxygen atoms in total. The monoisotopic (exact) mass is 379 g/mol. The fourth-order valence-electron chi connectivity index (χ4n) is 2.74. The number of carbonyl (C=O) groups is 2. The lowest BCUT2D eigenvalue weighted by atomic mass is 10.0. The Kier molecular flexibility index (Phi) is 9.49. The van der Waals surface area contributed by atoms with Crippen molar-refractivity contribution in [2.75, 3.05) is 0 Å². The second-order valence-corrected chi connectivity index (χ2v) is 6.68. The van der Waals surface area contributed by atoms with Crippen LogP contribution in [0.15, 0.2) is 65.8 Å². The van der Waals surface area contributed by atoms with E-state index >= 15 is 0 Å². The molecule has 0 heterocycles. The van der Waals surface area contributed by atoms with Gasteiger partial charge in [-0.2, -0.15) is 5.10 Å². The number of hydrogen-bond acceptors (Lipinski definition) is 3. The van der Waals surface area contributed by atoms with Crippen molar-refractivity contribution in [2.24, 2.45) is 5.10 Å². The number of nitrogens with one attached hydrogen (secondary N) is 2. The molecule has 2 N–H and O–H groups in total. The molecule has 0 aliphatic carbocycles. The Hall–Kier alpha value is -2.95. The predicted molar refractivity (Wildman–Crippen MR) is 113 cm³/mol. The maximum Gasteiger partial charge on any atom is 0.240 e. The lowest BCUT2D eigenvalue weighted by Gasteiger charge is -2.08. The minimum Gasteiger partial charge on any atom is -0.352 e. The molecule has 2 aromatic rings. The van der Waals surface area contributed by atoms with Crippen LogP contribution in [0, 0.1) is 0 Å². The Morgan fingerprint density at radius 2 is 1.46 bits per heavy atom. The van der Waals surface area contributed by atoms with Crippen molar-refractivity contribution in [3.8, 4) is 0 Å². The van der Waals surface area contributed by atoms with E-state index in [1.54, 1.807) is 0 Å². The van der Waals surface area contributed by atoms with Crippen molar-refractivity contribution in [3.05, 3.63) is 71.8 Å². The van der Waals surface area contributed by atoms with Gasteiger partial charge in [-0.3, -0.25) is 9.59 Å². The quantitative estimate of drug-likeness (QED) is 0.349. The normalized spacial score (nSPS) is 11.1. The van der Waals surface area contributed by atoms with Crippen LogP contribution in [0.1, 0.15) is 56.6 Å². The average molecular weight is 380 g/mol. The molecule has 0 aromatic heterocycles. The van der Waals surface area contributed by atoms with Crippen molar-refractivity contribution in [1.29, 1.82) is 0 Å². The minimum atomic E-state index is -0.251. The molecule has 5 heteroatoms. The molecule has 0 saturated heterocycles. The highest BCUT2D eigenvalue weighted by molar-refractivity contribution is 6.01. The maximum absolute atomic E-state index is 12.1. The number of hydrazone groups is 1. The largest absolute Gasteiger partial charge is 0.352 e. The fraction of sp³-hybridized carbons (Fsp3) is 0.348. The van der Waals surface area contributed by atoms with Crippen LogP contribution in [0.3, 0.4) is 0 Å². The highest BCUT2D eigenvalue weighted by Crippen LogP contribution is 2.09. The van der Waals surface area contributed by atoms with Gasteiger partial charge in [0.25, 0.3) is 0 Å². The fourth-order valence-corrected chi connectivity index (χ4v) is 2.74. The van der Waals surface area contributed by atoms with Gasteiger partial charge in [-0.25, -0.2) is 5.43 Å². The molecule has 0 saturated carbocycles. The maximum atomic E-state index is 12.1. The van der Waals surface area contributed by atoms with Crippen molar-refractivity contribution >= 4 is 17.5 Å². The molecule has 0 fully saturated rings. The van der Waals surface area contributed by atoms with Crippen LogP contribution in [0.2, 0.25) is 0 Å². The third-order valence-electron chi connectivity index (χ3n) is 4.35. The Balaban J connectivity index is 1.79. The zero-order valence-corrected chi connectivity index (χ0v) is 16.5. The van der Waals surface area contributed by atoms with Gasteiger partial charge in [0.1, 0.15) is 0 Å². The molecule has 2 amide bonds. The van der Waals surface area contributed by atoms with E-state index in [9.17, 15) is 9.59 Å². The van der Waals surface area contributed by atoms with Crippen LogP contribution < -0.4 is 10.7 Å². The molecule has 0 aliphatic rings. The molecule has 2 rings (SSSR count). The zero-order valence-electron chi connectivity index (χ0n) is 16.5. The summed E-state index contributed by atoms with van der Waals surface area (Å²) in [6.45, 7) is 2.62. The van der Waals surface area contributed by atoms with Crippen LogP contribution in [-0.4, -0.2) is 17.5 Å². The van der Waals surface area contributed by atoms with E-state index in [-0.39, 0.29) is 24.7 Å². The van der Waals surface area contributed by atoms with Gasteiger partial charge in [-0.05, 0) is 24.0 Å². The number of amides is 2. The van der Waals surface area contributed by atoms with Gasteiger partial charge in [0, 0.05) is 19.4 Å². The SMILES string of the molecule is CCCCCC(=NNC(=O)CCC(=O)NCc1ccccc1)c1ccccc1. The lowest BCUT2D eigenvalue weighted by molar-refractivity contribution is -0.126. The van der Waals surface area contributed by atoms with Crippen LogP contribution in [0.25, 0.3) is 0 Å². The Bertz CT molecular complexity index is 758. The van der Waals surface area contributed by atoms with Crippen molar-refractivity contribution < 1.29 is 9.59 Å². The average Bonchev–Trinajstić information content (AvgIpc) is 2.74. The summed E-state index contributed by atoms with van der Waals surface area (Å²) in [7, 11) is 0. The van der Waals surface area contributed by atoms with Crippen molar-refractivity contribution in [1.82, 2.24) is 10.7 Å². The van der Waals surface area contributed by atoms with E-state index < -0.39 is 0 Å². The molecular formula is C23H29N3O2. The Labute approximate surface area is 167 Å². The molecule has 28 heavy (non-hydrogen) atoms. The first-order chi connectivity index (χ1) is 13.7. The van der Waals surface area contributed by atoms with Gasteiger partial charge < -0.3 is 5.32 Å². The summed E-state index contributed by atoms with van der Waals surface area (Å²) in [5, 5.41) is 7.15. The van der Waals surface area contributed by atoms with Crippen LogP contribution in [0.5, 0.6) is 0 Å². The summed E-state index contributed by atoms with van der Waals surface area (Å²) in [6, 6.07) is 19.6. The third-order valence-corrected chi connectivity index (χ3v) is 4.35. The highest BCUT2D eigenvalue weighted by Gasteiger charge is 2.08. The first kappa shape index (κ1) is 21.4. The van der Waals surface area contributed by atoms with Gasteiger partial charge >= 0.3 is 0 Å². The van der Waals surface area contributed by atoms with Crippen LogP contribution in [0.4, 0.5) is 0 Å². The number of nitrogens with zero attached hydrogens (tertiary/aromatic N) is 1. The zero-order chi connectivity index (χ0) is 20.0. The highest BCUT2D eigenvalue weighted by atomic mass is 16.2. The van der Waals surface area contributed by atoms with Crippen molar-refractivity contribution in [3.63, 3.8) is 0 Å². The number of rotatable bonds is 11. The summed E-state index contributed by atoms with van der Waals surface area (Å²) in [6.07, 6.45) is 4.36. The van der Waals surface area contributed by atoms with Gasteiger partial charge in [0.05, 0.1) is 5.71 Å². The molecule has 0 aliphatic heterocycles. The van der Waals surface area contributed by atoms with Crippen LogP contribution >= 0.6 is 0 Å². The molecule has 148 valence electrons. The molecule has 2 aromatic carbocycles. The minimum absolute atomic E-state index is 0.112. The van der Waals surface area contributed by atoms with E-state index in [1.165, 1.54) is 0 Å². The predicted octanol–water partition coefficient (Wildman–Crippen LogP) is 4.18. The number of carbonyl (C=O) groups excluding carboxylic acids is 2. The van der Waals surface area contributed by atoms with Gasteiger partial charge in [0.15, 0.2) is 0 Å². The molecule has 0 spiro atoms. The Morgan fingerprint density at radius 1 is 0.821 bits per heavy atom. The summed E-state index contributed by atoms with van der Waals surface area (Å²) in [5.74, 6) is -0.395. The summed E-state index contributed by atoms with van der Waals surface area (Å²) >= 11 is 0. The summed E-state index contributed by atoms with van der Waals surface area (Å²) in [5.41, 5.74) is 5.52. The van der Waals surface area contributed by atoms with Gasteiger partial charge in [0.2, 0.25) is 11.8 Å². The number of unbranched alkanes of at least 4 members (excludes halogenated alkanes) is 2. The number of benzene rings is 2. The van der Waals surface area contributed by atoms with Crippen LogP contribution in [-0.2, 0) is 16.1 Å². The van der Waals surface area contributed by atoms with E-state index in [2.05, 4.69) is 22.8 Å². The molecule has 0 atom stereocenters. The van der Waals surface area contributed by atoms with Crippen molar-refractivity contribution in [2.45, 2.75) is 52.0 Å². The van der Waals surface area contributed by atoms with Gasteiger partial charge in [-0.15, -0.1) is 0 Å². The smallest absolute Gasteiger partial charge is 0.240 e. The molecule has 0 radical (unpaired) electrons. The summed E-state index contributed by atoms with van der Waals surface area (Å²) < 4.78 is 0. The van der Waals surface area contributed by atoms with Gasteiger partial charge in [-0.1, -0.05) is 80.4 Å². The van der Waals surface area contributed by atoms with E-state index in [1.807, 2.05) is 60.7 Å². The first-order valence-corrected chi connectivity index (χ1v) is 9.90. The third kappa shape index (κ3) is 8.16. The first-order valence-electron chi connectivity index (χ1n) is 9.90. The summed E-state index contributed by atoms with van der Waals surface area (Å²) in [4.78, 5) is 24.0. The standard InChI is InChI=1S/C23H29N3O2/c1-2-3-6-15-21(20-13-9-5-10-14-20)25-26-23(28)17-16-22(27)24-18-19-11-7-4-8-12-19/h4-5,7-14H,2-3,6,15-18H2,1H3,(H,24,27)(H,26,28). The molecule has 0 unspecified atom stereocenters. The van der Waals surface area contributed by atoms with E-state index in [0.29, 0.717) is 6.54 Å². The number of hydrogen-bond donors (Lipinski definition) is 2. The van der Waals surface area contributed by atoms with E-state index in [4.69, 9.17) is 0 Å². The second-order valence-electron chi connectivity index (χ2n) is 6.68. The molecule has 0 bridgehead atoms. The topological polar surface area (TPSA) is 70.6 Å².